The molecule has 0 aliphatic carbocycles. The van der Waals surface area contributed by atoms with Crippen LogP contribution in [0.3, 0.4) is 0 Å². The summed E-state index contributed by atoms with van der Waals surface area (Å²) < 4.78 is 1.19. The van der Waals surface area contributed by atoms with Crippen LogP contribution in [-0.4, -0.2) is 9.97 Å². The van der Waals surface area contributed by atoms with Crippen LogP contribution in [0, 0.1) is 3.57 Å². The van der Waals surface area contributed by atoms with E-state index in [1.807, 2.05) is 18.2 Å². The molecule has 0 amide bonds. The number of fused-ring (bicyclic) bond motifs is 1. The van der Waals surface area contributed by atoms with E-state index < -0.39 is 0 Å². The smallest absolute Gasteiger partial charge is 0.102 e. The van der Waals surface area contributed by atoms with Gasteiger partial charge in [-0.05, 0) is 34.7 Å². The number of para-hydroxylation sites is 1. The highest BCUT2D eigenvalue weighted by Crippen LogP contribution is 2.15. The van der Waals surface area contributed by atoms with Crippen LogP contribution in [0.15, 0.2) is 24.5 Å². The molecule has 2 nitrogen and oxygen atoms in total. The molecule has 1 heterocycles. The van der Waals surface area contributed by atoms with Gasteiger partial charge in [-0.2, -0.15) is 0 Å². The predicted molar refractivity (Wildman–Crippen MR) is 56.1 cm³/mol. The van der Waals surface area contributed by atoms with Crippen LogP contribution in [0.4, 0.5) is 0 Å². The van der Waals surface area contributed by atoms with Crippen molar-refractivity contribution in [1.29, 1.82) is 0 Å². The van der Waals surface area contributed by atoms with Crippen LogP contribution in [0.1, 0.15) is 0 Å². The first-order valence-corrected chi connectivity index (χ1v) is 4.03. The van der Waals surface area contributed by atoms with Gasteiger partial charge in [0.1, 0.15) is 5.52 Å². The predicted octanol–water partition coefficient (Wildman–Crippen LogP) is 2.59. The molecule has 4 heteroatoms. The Balaban J connectivity index is 0.000000605. The highest BCUT2D eigenvalue weighted by Gasteiger charge is 1.96. The van der Waals surface area contributed by atoms with Gasteiger partial charge in [-0.25, -0.2) is 4.98 Å². The van der Waals surface area contributed by atoms with Crippen molar-refractivity contribution in [3.8, 4) is 0 Å². The third kappa shape index (κ3) is 1.49. The Morgan fingerprint density at radius 3 is 2.91 bits per heavy atom. The van der Waals surface area contributed by atoms with Crippen molar-refractivity contribution in [2.45, 2.75) is 0 Å². The van der Waals surface area contributed by atoms with Crippen molar-refractivity contribution < 1.29 is 0 Å². The minimum absolute atomic E-state index is 0. The summed E-state index contributed by atoms with van der Waals surface area (Å²) in [6.07, 6.45) is 1.72. The number of rotatable bonds is 0. The van der Waals surface area contributed by atoms with E-state index in [0.29, 0.717) is 0 Å². The van der Waals surface area contributed by atoms with Gasteiger partial charge in [0.15, 0.2) is 0 Å². The zero-order chi connectivity index (χ0) is 6.97. The monoisotopic (exact) mass is 280 g/mol. The molecular formula is C7H6ClIN2. The van der Waals surface area contributed by atoms with Gasteiger partial charge in [0.05, 0.1) is 11.8 Å². The van der Waals surface area contributed by atoms with Crippen molar-refractivity contribution in [3.05, 3.63) is 28.1 Å². The second kappa shape index (κ2) is 3.40. The SMILES string of the molecule is Cl.Ic1cccc2[nH]cnc12. The van der Waals surface area contributed by atoms with Gasteiger partial charge in [-0.15, -0.1) is 12.4 Å². The Labute approximate surface area is 84.0 Å². The Bertz CT molecular complexity index is 358. The second-order valence-corrected chi connectivity index (χ2v) is 3.20. The van der Waals surface area contributed by atoms with Gasteiger partial charge in [-0.3, -0.25) is 0 Å². The second-order valence-electron chi connectivity index (χ2n) is 2.04. The molecule has 1 N–H and O–H groups in total. The lowest BCUT2D eigenvalue weighted by Gasteiger charge is -1.88. The summed E-state index contributed by atoms with van der Waals surface area (Å²) in [5, 5.41) is 0. The summed E-state index contributed by atoms with van der Waals surface area (Å²) in [5.74, 6) is 0. The molecular weight excluding hydrogens is 274 g/mol. The summed E-state index contributed by atoms with van der Waals surface area (Å²) in [6, 6.07) is 6.08. The van der Waals surface area contributed by atoms with Gasteiger partial charge >= 0.3 is 0 Å². The number of aromatic nitrogens is 2. The molecule has 0 unspecified atom stereocenters. The fraction of sp³-hybridized carbons (Fsp3) is 0. The van der Waals surface area contributed by atoms with E-state index >= 15 is 0 Å². The number of aromatic amines is 1. The molecule has 0 spiro atoms. The van der Waals surface area contributed by atoms with Crippen molar-refractivity contribution >= 4 is 46.0 Å². The van der Waals surface area contributed by atoms with Crippen LogP contribution in [0.5, 0.6) is 0 Å². The van der Waals surface area contributed by atoms with Crippen LogP contribution in [-0.2, 0) is 0 Å². The summed E-state index contributed by atoms with van der Waals surface area (Å²) in [4.78, 5) is 7.20. The normalized spacial score (nSPS) is 9.55. The summed E-state index contributed by atoms with van der Waals surface area (Å²) in [7, 11) is 0. The molecule has 0 saturated heterocycles. The molecule has 0 aliphatic rings. The van der Waals surface area contributed by atoms with Gasteiger partial charge in [-0.1, -0.05) is 6.07 Å². The van der Waals surface area contributed by atoms with Crippen LogP contribution in [0.25, 0.3) is 11.0 Å². The molecule has 0 atom stereocenters. The Hall–Kier alpha value is -0.290. The Morgan fingerprint density at radius 1 is 1.36 bits per heavy atom. The minimum atomic E-state index is 0. The maximum absolute atomic E-state index is 4.16. The number of nitrogens with zero attached hydrogens (tertiary/aromatic N) is 1. The minimum Gasteiger partial charge on any atom is -0.345 e. The lowest BCUT2D eigenvalue weighted by Crippen LogP contribution is -1.72. The molecule has 1 aromatic heterocycles. The number of nitrogens with one attached hydrogen (secondary N) is 1. The van der Waals surface area contributed by atoms with Crippen LogP contribution in [0.2, 0.25) is 0 Å². The molecule has 2 rings (SSSR count). The van der Waals surface area contributed by atoms with Crippen LogP contribution >= 0.6 is 35.0 Å². The Kier molecular flexibility index (Phi) is 2.72. The van der Waals surface area contributed by atoms with Gasteiger partial charge < -0.3 is 4.98 Å². The molecule has 0 bridgehead atoms. The molecule has 11 heavy (non-hydrogen) atoms. The number of benzene rings is 1. The summed E-state index contributed by atoms with van der Waals surface area (Å²) in [6.45, 7) is 0. The first kappa shape index (κ1) is 8.80. The lowest BCUT2D eigenvalue weighted by atomic mass is 10.3. The van der Waals surface area contributed by atoms with Crippen molar-refractivity contribution in [1.82, 2.24) is 9.97 Å². The lowest BCUT2D eigenvalue weighted by molar-refractivity contribution is 1.34. The number of halogens is 2. The molecule has 0 aliphatic heterocycles. The first-order valence-electron chi connectivity index (χ1n) is 2.95. The average Bonchev–Trinajstić information content (AvgIpc) is 2.36. The third-order valence-electron chi connectivity index (χ3n) is 1.40. The fourth-order valence-electron chi connectivity index (χ4n) is 0.929. The molecule has 2 aromatic rings. The Morgan fingerprint density at radius 2 is 2.18 bits per heavy atom. The van der Waals surface area contributed by atoms with E-state index in [9.17, 15) is 0 Å². The highest BCUT2D eigenvalue weighted by atomic mass is 127. The molecule has 58 valence electrons. The van der Waals surface area contributed by atoms with Crippen molar-refractivity contribution in [2.75, 3.05) is 0 Å². The number of imidazole rings is 1. The van der Waals surface area contributed by atoms with Crippen molar-refractivity contribution in [2.24, 2.45) is 0 Å². The zero-order valence-corrected chi connectivity index (χ0v) is 8.52. The molecule has 0 fully saturated rings. The number of hydrogen-bond donors (Lipinski definition) is 1. The van der Waals surface area contributed by atoms with E-state index in [4.69, 9.17) is 0 Å². The molecule has 1 aromatic carbocycles. The maximum Gasteiger partial charge on any atom is 0.102 e. The largest absolute Gasteiger partial charge is 0.345 e. The van der Waals surface area contributed by atoms with E-state index in [1.165, 1.54) is 3.57 Å². The van der Waals surface area contributed by atoms with Gasteiger partial charge in [0, 0.05) is 3.57 Å². The van der Waals surface area contributed by atoms with Gasteiger partial charge in [0.25, 0.3) is 0 Å². The first-order chi connectivity index (χ1) is 4.88. The third-order valence-corrected chi connectivity index (χ3v) is 2.27. The standard InChI is InChI=1S/C7H5IN2.ClH/c8-5-2-1-3-6-7(5)10-4-9-6;/h1-4H,(H,9,10);1H. The van der Waals surface area contributed by atoms with E-state index in [-0.39, 0.29) is 12.4 Å². The van der Waals surface area contributed by atoms with E-state index in [1.54, 1.807) is 6.33 Å². The van der Waals surface area contributed by atoms with Crippen LogP contribution < -0.4 is 0 Å². The zero-order valence-electron chi connectivity index (χ0n) is 5.54. The molecule has 0 radical (unpaired) electrons. The number of hydrogen-bond acceptors (Lipinski definition) is 1. The van der Waals surface area contributed by atoms with E-state index in [0.717, 1.165) is 11.0 Å². The van der Waals surface area contributed by atoms with Gasteiger partial charge in [0.2, 0.25) is 0 Å². The molecule has 0 saturated carbocycles. The summed E-state index contributed by atoms with van der Waals surface area (Å²) in [5.41, 5.74) is 2.16. The highest BCUT2D eigenvalue weighted by molar-refractivity contribution is 14.1. The summed E-state index contributed by atoms with van der Waals surface area (Å²) >= 11 is 2.27. The average molecular weight is 280 g/mol. The van der Waals surface area contributed by atoms with E-state index in [2.05, 4.69) is 32.6 Å². The number of H-pyrrole nitrogens is 1. The fourth-order valence-corrected chi connectivity index (χ4v) is 1.57. The topological polar surface area (TPSA) is 28.7 Å². The quantitative estimate of drug-likeness (QED) is 0.738. The maximum atomic E-state index is 4.16. The van der Waals surface area contributed by atoms with Crippen molar-refractivity contribution in [3.63, 3.8) is 0 Å².